The number of imidazole rings is 1. The van der Waals surface area contributed by atoms with Gasteiger partial charge < -0.3 is 10.3 Å². The highest BCUT2D eigenvalue weighted by Gasteiger charge is 2.20. The van der Waals surface area contributed by atoms with Crippen molar-refractivity contribution in [2.24, 2.45) is 0 Å². The number of hydrogen-bond donors (Lipinski definition) is 2. The molecule has 0 aliphatic carbocycles. The first-order valence-corrected chi connectivity index (χ1v) is 7.16. The molecule has 0 aromatic carbocycles. The molecule has 1 unspecified atom stereocenters. The van der Waals surface area contributed by atoms with E-state index in [1.54, 1.807) is 30.2 Å². The minimum Gasteiger partial charge on any atom is -0.383 e. The fourth-order valence-corrected chi connectivity index (χ4v) is 3.02. The molecule has 2 aromatic heterocycles. The summed E-state index contributed by atoms with van der Waals surface area (Å²) < 4.78 is 28.6. The second-order valence-corrected chi connectivity index (χ2v) is 5.85. The monoisotopic (exact) mass is 281 g/mol. The number of pyridine rings is 1. The van der Waals surface area contributed by atoms with Crippen LogP contribution in [0.1, 0.15) is 6.92 Å². The van der Waals surface area contributed by atoms with Crippen LogP contribution >= 0.6 is 0 Å². The van der Waals surface area contributed by atoms with Gasteiger partial charge in [-0.15, -0.1) is 0 Å². The molecule has 0 fully saturated rings. The lowest BCUT2D eigenvalue weighted by Crippen LogP contribution is -2.35. The van der Waals surface area contributed by atoms with Crippen molar-refractivity contribution in [3.05, 3.63) is 37.1 Å². The van der Waals surface area contributed by atoms with E-state index in [0.717, 1.165) is 0 Å². The first-order chi connectivity index (χ1) is 8.99. The summed E-state index contributed by atoms with van der Waals surface area (Å²) in [6.07, 6.45) is 6.48. The topological polar surface area (TPSA) is 103 Å². The van der Waals surface area contributed by atoms with Gasteiger partial charge in [0, 0.05) is 31.2 Å². The normalized spacial score (nSPS) is 13.3. The van der Waals surface area contributed by atoms with Crippen LogP contribution in [0.25, 0.3) is 0 Å². The predicted molar refractivity (Wildman–Crippen MR) is 70.7 cm³/mol. The van der Waals surface area contributed by atoms with Gasteiger partial charge in [-0.25, -0.2) is 23.1 Å². The molecule has 0 radical (unpaired) electrons. The zero-order valence-corrected chi connectivity index (χ0v) is 11.2. The lowest BCUT2D eigenvalue weighted by Gasteiger charge is -2.15. The molecular formula is C11H15N5O2S. The molecule has 0 saturated heterocycles. The second kappa shape index (κ2) is 5.37. The fourth-order valence-electron chi connectivity index (χ4n) is 1.71. The molecular weight excluding hydrogens is 266 g/mol. The third-order valence-corrected chi connectivity index (χ3v) is 4.13. The molecule has 0 bridgehead atoms. The van der Waals surface area contributed by atoms with Crippen LogP contribution in [0.5, 0.6) is 0 Å². The van der Waals surface area contributed by atoms with E-state index in [1.165, 1.54) is 18.3 Å². The number of anilines is 1. The van der Waals surface area contributed by atoms with Crippen LogP contribution in [-0.2, 0) is 16.6 Å². The maximum atomic E-state index is 12.1. The molecule has 2 rings (SSSR count). The summed E-state index contributed by atoms with van der Waals surface area (Å²) in [4.78, 5) is 7.66. The van der Waals surface area contributed by atoms with Crippen LogP contribution in [0.15, 0.2) is 41.9 Å². The van der Waals surface area contributed by atoms with E-state index in [1.807, 2.05) is 0 Å². The molecule has 8 heteroatoms. The smallest absolute Gasteiger partial charge is 0.244 e. The van der Waals surface area contributed by atoms with E-state index in [0.29, 0.717) is 6.54 Å². The summed E-state index contributed by atoms with van der Waals surface area (Å²) in [5.41, 5.74) is 5.57. The molecule has 3 N–H and O–H groups in total. The van der Waals surface area contributed by atoms with Gasteiger partial charge in [0.15, 0.2) is 0 Å². The number of sulfonamides is 1. The Kier molecular flexibility index (Phi) is 3.82. The van der Waals surface area contributed by atoms with Crippen molar-refractivity contribution in [2.45, 2.75) is 24.4 Å². The lowest BCUT2D eigenvalue weighted by atomic mass is 10.4. The Hall–Kier alpha value is -1.93. The maximum absolute atomic E-state index is 12.1. The summed E-state index contributed by atoms with van der Waals surface area (Å²) >= 11 is 0. The zero-order chi connectivity index (χ0) is 13.9. The van der Waals surface area contributed by atoms with Gasteiger partial charge in [0.2, 0.25) is 10.0 Å². The van der Waals surface area contributed by atoms with Crippen molar-refractivity contribution in [1.82, 2.24) is 19.3 Å². The Labute approximate surface area is 111 Å². The molecule has 0 amide bonds. The van der Waals surface area contributed by atoms with Gasteiger partial charge in [-0.05, 0) is 19.1 Å². The van der Waals surface area contributed by atoms with Gasteiger partial charge in [0.25, 0.3) is 0 Å². The SMILES string of the molecule is CC(Cn1ccnc1)NS(=O)(=O)c1cccnc1N. The first-order valence-electron chi connectivity index (χ1n) is 5.67. The fraction of sp³-hybridized carbons (Fsp3) is 0.273. The van der Waals surface area contributed by atoms with Crippen LogP contribution in [-0.4, -0.2) is 29.0 Å². The highest BCUT2D eigenvalue weighted by Crippen LogP contribution is 2.14. The van der Waals surface area contributed by atoms with E-state index in [-0.39, 0.29) is 16.8 Å². The Balaban J connectivity index is 2.11. The average Bonchev–Trinajstić information content (AvgIpc) is 2.81. The van der Waals surface area contributed by atoms with Crippen LogP contribution in [0, 0.1) is 0 Å². The summed E-state index contributed by atoms with van der Waals surface area (Å²) in [7, 11) is -3.66. The molecule has 1 atom stereocenters. The molecule has 0 spiro atoms. The molecule has 0 aliphatic rings. The maximum Gasteiger partial charge on any atom is 0.244 e. The standard InChI is InChI=1S/C11H15N5O2S/c1-9(7-16-6-5-13-8-16)15-19(17,18)10-3-2-4-14-11(10)12/h2-6,8-9,15H,7H2,1H3,(H2,12,14). The summed E-state index contributed by atoms with van der Waals surface area (Å²) in [5.74, 6) is -0.00942. The second-order valence-electron chi connectivity index (χ2n) is 4.17. The predicted octanol–water partition coefficient (Wildman–Crippen LogP) is 0.227. The van der Waals surface area contributed by atoms with Gasteiger partial charge in [0.05, 0.1) is 6.33 Å². The largest absolute Gasteiger partial charge is 0.383 e. The number of nitrogens with two attached hydrogens (primary N) is 1. The van der Waals surface area contributed by atoms with Crippen molar-refractivity contribution in [3.8, 4) is 0 Å². The summed E-state index contributed by atoms with van der Waals surface area (Å²) in [6, 6.07) is 2.67. The van der Waals surface area contributed by atoms with Crippen LogP contribution < -0.4 is 10.5 Å². The molecule has 7 nitrogen and oxygen atoms in total. The highest BCUT2D eigenvalue weighted by molar-refractivity contribution is 7.89. The minimum atomic E-state index is -3.66. The van der Waals surface area contributed by atoms with Gasteiger partial charge in [-0.1, -0.05) is 0 Å². The average molecular weight is 281 g/mol. The quantitative estimate of drug-likeness (QED) is 0.816. The number of nitrogen functional groups attached to an aromatic ring is 1. The molecule has 19 heavy (non-hydrogen) atoms. The summed E-state index contributed by atoms with van der Waals surface area (Å²) in [5, 5.41) is 0. The third-order valence-electron chi connectivity index (χ3n) is 2.49. The van der Waals surface area contributed by atoms with E-state index in [9.17, 15) is 8.42 Å². The Bertz CT molecular complexity index is 639. The van der Waals surface area contributed by atoms with Crippen LogP contribution in [0.3, 0.4) is 0 Å². The molecule has 102 valence electrons. The minimum absolute atomic E-state index is 0.00696. The van der Waals surface area contributed by atoms with Gasteiger partial charge in [-0.2, -0.15) is 0 Å². The van der Waals surface area contributed by atoms with E-state index < -0.39 is 10.0 Å². The van der Waals surface area contributed by atoms with E-state index in [2.05, 4.69) is 14.7 Å². The zero-order valence-electron chi connectivity index (χ0n) is 10.4. The van der Waals surface area contributed by atoms with Gasteiger partial charge in [-0.3, -0.25) is 0 Å². The van der Waals surface area contributed by atoms with E-state index in [4.69, 9.17) is 5.73 Å². The number of rotatable bonds is 5. The number of nitrogens with zero attached hydrogens (tertiary/aromatic N) is 3. The lowest BCUT2D eigenvalue weighted by molar-refractivity contribution is 0.520. The molecule has 0 aliphatic heterocycles. The van der Waals surface area contributed by atoms with Crippen molar-refractivity contribution >= 4 is 15.8 Å². The summed E-state index contributed by atoms with van der Waals surface area (Å²) in [6.45, 7) is 2.25. The third kappa shape index (κ3) is 3.30. The number of hydrogen-bond acceptors (Lipinski definition) is 5. The number of aromatic nitrogens is 3. The molecule has 0 saturated carbocycles. The van der Waals surface area contributed by atoms with Crippen molar-refractivity contribution in [3.63, 3.8) is 0 Å². The van der Waals surface area contributed by atoms with E-state index >= 15 is 0 Å². The van der Waals surface area contributed by atoms with Crippen LogP contribution in [0.4, 0.5) is 5.82 Å². The number of nitrogens with one attached hydrogen (secondary N) is 1. The van der Waals surface area contributed by atoms with Gasteiger partial charge >= 0.3 is 0 Å². The molecule has 2 heterocycles. The Morgan fingerprint density at radius 2 is 2.26 bits per heavy atom. The van der Waals surface area contributed by atoms with Crippen LogP contribution in [0.2, 0.25) is 0 Å². The Morgan fingerprint density at radius 3 is 2.89 bits per heavy atom. The first kappa shape index (κ1) is 13.5. The highest BCUT2D eigenvalue weighted by atomic mass is 32.2. The Morgan fingerprint density at radius 1 is 1.47 bits per heavy atom. The van der Waals surface area contributed by atoms with Crippen molar-refractivity contribution < 1.29 is 8.42 Å². The molecule has 2 aromatic rings. The van der Waals surface area contributed by atoms with Gasteiger partial charge in [0.1, 0.15) is 10.7 Å². The van der Waals surface area contributed by atoms with Crippen molar-refractivity contribution in [1.29, 1.82) is 0 Å². The van der Waals surface area contributed by atoms with Crippen molar-refractivity contribution in [2.75, 3.05) is 5.73 Å².